The van der Waals surface area contributed by atoms with Crippen molar-refractivity contribution >= 4 is 11.6 Å². The van der Waals surface area contributed by atoms with Crippen LogP contribution in [0.2, 0.25) is 5.02 Å². The Morgan fingerprint density at radius 3 is 2.79 bits per heavy atom. The summed E-state index contributed by atoms with van der Waals surface area (Å²) in [6.45, 7) is 0.994. The van der Waals surface area contributed by atoms with Crippen LogP contribution in [-0.4, -0.2) is 30.0 Å². The number of hydrogen-bond acceptors (Lipinski definition) is 4. The molecule has 0 saturated carbocycles. The molecule has 5 nitrogen and oxygen atoms in total. The summed E-state index contributed by atoms with van der Waals surface area (Å²) in [5, 5.41) is 7.16. The van der Waals surface area contributed by atoms with E-state index in [4.69, 9.17) is 16.3 Å². The van der Waals surface area contributed by atoms with E-state index in [0.717, 1.165) is 0 Å². The first kappa shape index (κ1) is 13.6. The summed E-state index contributed by atoms with van der Waals surface area (Å²) in [6, 6.07) is 9.12. The van der Waals surface area contributed by atoms with Gasteiger partial charge in [0.2, 0.25) is 5.75 Å². The molecule has 100 valence electrons. The lowest BCUT2D eigenvalue weighted by Gasteiger charge is -2.09. The van der Waals surface area contributed by atoms with Crippen molar-refractivity contribution in [3.63, 3.8) is 0 Å². The van der Waals surface area contributed by atoms with Crippen molar-refractivity contribution in [2.24, 2.45) is 0 Å². The first-order valence-corrected chi connectivity index (χ1v) is 6.22. The molecule has 0 aliphatic carbocycles. The van der Waals surface area contributed by atoms with Gasteiger partial charge in [-0.15, -0.1) is 0 Å². The van der Waals surface area contributed by atoms with Crippen molar-refractivity contribution in [3.8, 4) is 11.4 Å². The van der Waals surface area contributed by atoms with Gasteiger partial charge >= 0.3 is 5.56 Å². The monoisotopic (exact) mass is 279 g/mol. The lowest BCUT2D eigenvalue weighted by atomic mass is 10.3. The van der Waals surface area contributed by atoms with Crippen LogP contribution in [-0.2, 0) is 0 Å². The maximum Gasteiger partial charge on any atom is 0.315 e. The molecule has 0 radical (unpaired) electrons. The molecule has 0 unspecified atom stereocenters. The van der Waals surface area contributed by atoms with E-state index < -0.39 is 0 Å². The summed E-state index contributed by atoms with van der Waals surface area (Å²) >= 11 is 5.95. The fraction of sp³-hybridized carbons (Fsp3) is 0.231. The number of rotatable bonds is 5. The molecular formula is C13H14ClN3O2. The highest BCUT2D eigenvalue weighted by Gasteiger charge is 2.12. The topological polar surface area (TPSA) is 56.1 Å². The Hall–Kier alpha value is -1.85. The molecule has 6 heteroatoms. The fourth-order valence-electron chi connectivity index (χ4n) is 1.56. The van der Waals surface area contributed by atoms with Gasteiger partial charge in [0.25, 0.3) is 0 Å². The van der Waals surface area contributed by atoms with Gasteiger partial charge in [0.15, 0.2) is 0 Å². The number of nitrogens with one attached hydrogen (secondary N) is 1. The molecule has 0 aliphatic heterocycles. The number of nitrogens with zero attached hydrogens (tertiary/aromatic N) is 2. The third kappa shape index (κ3) is 3.13. The Morgan fingerprint density at radius 1 is 1.37 bits per heavy atom. The third-order valence-corrected chi connectivity index (χ3v) is 2.76. The summed E-state index contributed by atoms with van der Waals surface area (Å²) < 4.78 is 6.67. The molecule has 19 heavy (non-hydrogen) atoms. The van der Waals surface area contributed by atoms with Gasteiger partial charge in [-0.2, -0.15) is 9.78 Å². The van der Waals surface area contributed by atoms with E-state index >= 15 is 0 Å². The zero-order valence-electron chi connectivity index (χ0n) is 10.5. The van der Waals surface area contributed by atoms with E-state index in [2.05, 4.69) is 10.4 Å². The highest BCUT2D eigenvalue weighted by Crippen LogP contribution is 2.18. The molecule has 0 fully saturated rings. The molecule has 0 amide bonds. The van der Waals surface area contributed by atoms with Gasteiger partial charge in [0, 0.05) is 6.54 Å². The zero-order chi connectivity index (χ0) is 13.7. The average molecular weight is 280 g/mol. The summed E-state index contributed by atoms with van der Waals surface area (Å²) in [5.74, 6) is 0.121. The highest BCUT2D eigenvalue weighted by molar-refractivity contribution is 6.31. The van der Waals surface area contributed by atoms with Gasteiger partial charge in [-0.05, 0) is 19.2 Å². The van der Waals surface area contributed by atoms with Crippen molar-refractivity contribution < 1.29 is 4.74 Å². The van der Waals surface area contributed by atoms with E-state index in [1.807, 2.05) is 18.2 Å². The molecule has 1 N–H and O–H groups in total. The Balaban J connectivity index is 2.37. The van der Waals surface area contributed by atoms with E-state index in [0.29, 0.717) is 18.8 Å². The van der Waals surface area contributed by atoms with E-state index in [1.165, 1.54) is 10.9 Å². The van der Waals surface area contributed by atoms with Gasteiger partial charge in [0.1, 0.15) is 11.6 Å². The molecular weight excluding hydrogens is 266 g/mol. The zero-order valence-corrected chi connectivity index (χ0v) is 11.2. The van der Waals surface area contributed by atoms with Crippen LogP contribution in [0.25, 0.3) is 5.69 Å². The Morgan fingerprint density at radius 2 is 2.11 bits per heavy atom. The van der Waals surface area contributed by atoms with Gasteiger partial charge in [-0.1, -0.05) is 29.8 Å². The van der Waals surface area contributed by atoms with Crippen molar-refractivity contribution in [2.45, 2.75) is 0 Å². The van der Waals surface area contributed by atoms with E-state index in [-0.39, 0.29) is 16.3 Å². The number of para-hydroxylation sites is 1. The minimum atomic E-state index is -0.366. The minimum absolute atomic E-state index is 0.121. The lowest BCUT2D eigenvalue weighted by Crippen LogP contribution is -2.25. The predicted octanol–water partition coefficient (Wildman–Crippen LogP) is 1.48. The largest absolute Gasteiger partial charge is 0.485 e. The molecule has 1 heterocycles. The number of hydrogen-bond donors (Lipinski definition) is 1. The van der Waals surface area contributed by atoms with Crippen molar-refractivity contribution in [3.05, 3.63) is 51.9 Å². The van der Waals surface area contributed by atoms with E-state index in [1.54, 1.807) is 19.2 Å². The lowest BCUT2D eigenvalue weighted by molar-refractivity contribution is 0.311. The molecule has 1 aromatic heterocycles. The van der Waals surface area contributed by atoms with Crippen LogP contribution in [0.15, 0.2) is 41.3 Å². The second-order valence-corrected chi connectivity index (χ2v) is 4.23. The Labute approximate surface area is 115 Å². The first-order chi connectivity index (χ1) is 9.24. The van der Waals surface area contributed by atoms with Crippen molar-refractivity contribution in [2.75, 3.05) is 20.2 Å². The normalized spacial score (nSPS) is 10.4. The number of aromatic nitrogens is 2. The van der Waals surface area contributed by atoms with E-state index in [9.17, 15) is 4.79 Å². The van der Waals surface area contributed by atoms with Crippen LogP contribution in [0.4, 0.5) is 0 Å². The fourth-order valence-corrected chi connectivity index (χ4v) is 1.74. The molecule has 1 aromatic carbocycles. The second-order valence-electron chi connectivity index (χ2n) is 3.83. The molecule has 0 saturated heterocycles. The maximum absolute atomic E-state index is 12.3. The summed E-state index contributed by atoms with van der Waals surface area (Å²) in [6.07, 6.45) is 1.41. The Bertz CT molecular complexity index is 599. The predicted molar refractivity (Wildman–Crippen MR) is 74.3 cm³/mol. The second kappa shape index (κ2) is 6.36. The molecule has 0 aliphatic rings. The third-order valence-electron chi connectivity index (χ3n) is 2.49. The standard InChI is InChI=1S/C13H14ClN3O2/c1-15-7-8-19-12-11(14)9-16-17(13(12)18)10-5-3-2-4-6-10/h2-6,9,15H,7-8H2,1H3. The molecule has 0 spiro atoms. The number of benzene rings is 1. The number of halogens is 1. The van der Waals surface area contributed by atoms with Crippen LogP contribution in [0.5, 0.6) is 5.75 Å². The SMILES string of the molecule is CNCCOc1c(Cl)cnn(-c2ccccc2)c1=O. The Kier molecular flexibility index (Phi) is 4.54. The van der Waals surface area contributed by atoms with Crippen LogP contribution in [0.1, 0.15) is 0 Å². The summed E-state index contributed by atoms with van der Waals surface area (Å²) in [4.78, 5) is 12.3. The van der Waals surface area contributed by atoms with Crippen LogP contribution >= 0.6 is 11.6 Å². The summed E-state index contributed by atoms with van der Waals surface area (Å²) in [7, 11) is 1.81. The summed E-state index contributed by atoms with van der Waals surface area (Å²) in [5.41, 5.74) is 0.303. The smallest absolute Gasteiger partial charge is 0.315 e. The average Bonchev–Trinajstić information content (AvgIpc) is 2.43. The molecule has 0 bridgehead atoms. The first-order valence-electron chi connectivity index (χ1n) is 5.84. The molecule has 0 atom stereocenters. The van der Waals surface area contributed by atoms with Crippen LogP contribution < -0.4 is 15.6 Å². The van der Waals surface area contributed by atoms with Crippen molar-refractivity contribution in [1.82, 2.24) is 15.1 Å². The molecule has 2 rings (SSSR count). The number of likely N-dealkylation sites (N-methyl/N-ethyl adjacent to an activating group) is 1. The minimum Gasteiger partial charge on any atom is -0.485 e. The van der Waals surface area contributed by atoms with Crippen LogP contribution in [0, 0.1) is 0 Å². The highest BCUT2D eigenvalue weighted by atomic mass is 35.5. The quantitative estimate of drug-likeness (QED) is 0.843. The number of ether oxygens (including phenoxy) is 1. The van der Waals surface area contributed by atoms with Gasteiger partial charge in [-0.25, -0.2) is 0 Å². The van der Waals surface area contributed by atoms with Crippen molar-refractivity contribution in [1.29, 1.82) is 0 Å². The van der Waals surface area contributed by atoms with Gasteiger partial charge < -0.3 is 10.1 Å². The maximum atomic E-state index is 12.3. The van der Waals surface area contributed by atoms with Crippen LogP contribution in [0.3, 0.4) is 0 Å². The van der Waals surface area contributed by atoms with Gasteiger partial charge in [-0.3, -0.25) is 4.79 Å². The molecule has 2 aromatic rings. The van der Waals surface area contributed by atoms with Gasteiger partial charge in [0.05, 0.1) is 11.9 Å².